The maximum absolute atomic E-state index is 12.8. The van der Waals surface area contributed by atoms with Gasteiger partial charge >= 0.3 is 29.8 Å². The molecule has 1 fully saturated rings. The number of esters is 5. The number of hydrogen-bond donors (Lipinski definition) is 0. The van der Waals surface area contributed by atoms with E-state index in [-0.39, 0.29) is 6.61 Å². The van der Waals surface area contributed by atoms with Gasteiger partial charge < -0.3 is 33.2 Å². The molecule has 0 bridgehead atoms. The van der Waals surface area contributed by atoms with E-state index in [0.29, 0.717) is 5.56 Å². The Hall–Kier alpha value is -3.51. The van der Waals surface area contributed by atoms with Crippen molar-refractivity contribution < 1.29 is 57.1 Å². The van der Waals surface area contributed by atoms with Gasteiger partial charge in [0.2, 0.25) is 6.29 Å². The third-order valence-corrected chi connectivity index (χ3v) is 4.82. The van der Waals surface area contributed by atoms with Gasteiger partial charge in [0, 0.05) is 27.7 Å². The highest BCUT2D eigenvalue weighted by Crippen LogP contribution is 2.33. The molecule has 0 saturated carbocycles. The molecule has 2 rings (SSSR count). The fourth-order valence-electron chi connectivity index (χ4n) is 3.55. The van der Waals surface area contributed by atoms with Crippen molar-refractivity contribution in [1.82, 2.24) is 0 Å². The van der Waals surface area contributed by atoms with E-state index in [0.717, 1.165) is 27.7 Å². The van der Waals surface area contributed by atoms with Crippen LogP contribution in [0.5, 0.6) is 0 Å². The molecule has 6 atom stereocenters. The van der Waals surface area contributed by atoms with Crippen LogP contribution in [0.3, 0.4) is 0 Å². The summed E-state index contributed by atoms with van der Waals surface area (Å²) in [6, 6.07) is 8.33. The third kappa shape index (κ3) is 8.31. The Morgan fingerprint density at radius 3 is 1.86 bits per heavy atom. The monoisotopic (exact) mass is 510 g/mol. The van der Waals surface area contributed by atoms with Crippen molar-refractivity contribution in [2.45, 2.75) is 71.4 Å². The van der Waals surface area contributed by atoms with Gasteiger partial charge in [-0.05, 0) is 12.5 Å². The summed E-state index contributed by atoms with van der Waals surface area (Å²) in [5, 5.41) is 0. The van der Waals surface area contributed by atoms with Crippen molar-refractivity contribution in [3.8, 4) is 0 Å². The molecule has 1 saturated heterocycles. The highest BCUT2D eigenvalue weighted by Gasteiger charge is 2.53. The maximum Gasteiger partial charge on any atom is 0.340 e. The highest BCUT2D eigenvalue weighted by molar-refractivity contribution is 5.76. The van der Waals surface area contributed by atoms with Gasteiger partial charge in [-0.3, -0.25) is 19.2 Å². The van der Waals surface area contributed by atoms with Crippen LogP contribution in [0.4, 0.5) is 0 Å². The average molecular weight is 510 g/mol. The normalized spacial score (nSPS) is 24.1. The molecule has 1 aromatic carbocycles. The van der Waals surface area contributed by atoms with Crippen LogP contribution in [0.2, 0.25) is 0 Å². The first-order chi connectivity index (χ1) is 17.0. The zero-order chi connectivity index (χ0) is 26.8. The van der Waals surface area contributed by atoms with Crippen LogP contribution < -0.4 is 0 Å². The molecule has 0 spiro atoms. The van der Waals surface area contributed by atoms with Gasteiger partial charge in [-0.1, -0.05) is 30.3 Å². The molecule has 1 heterocycles. The quantitative estimate of drug-likeness (QED) is 0.330. The average Bonchev–Trinajstić information content (AvgIpc) is 2.79. The maximum atomic E-state index is 12.8. The largest absolute Gasteiger partial charge is 0.464 e. The SMILES string of the molecule is CCOC(=O)[C@@H](O[C@H]1O[C@@H](COC(C)=O)[C@@H](OC(C)=O)[C@@H](OC(C)=O)[C@H]1OC(C)=O)c1ccccc1. The molecule has 12 nitrogen and oxygen atoms in total. The third-order valence-electron chi connectivity index (χ3n) is 4.82. The first-order valence-corrected chi connectivity index (χ1v) is 11.2. The van der Waals surface area contributed by atoms with Gasteiger partial charge in [0.05, 0.1) is 6.61 Å². The van der Waals surface area contributed by atoms with E-state index >= 15 is 0 Å². The van der Waals surface area contributed by atoms with E-state index in [1.165, 1.54) is 0 Å². The van der Waals surface area contributed by atoms with Crippen LogP contribution in [-0.2, 0) is 57.1 Å². The molecule has 198 valence electrons. The van der Waals surface area contributed by atoms with Crippen LogP contribution in [0.1, 0.15) is 46.3 Å². The Balaban J connectivity index is 2.53. The van der Waals surface area contributed by atoms with Crippen LogP contribution in [-0.4, -0.2) is 73.8 Å². The molecular formula is C24H30O12. The standard InChI is InChI=1S/C24H30O12/c1-6-30-23(29)19(17-10-8-7-9-11-17)36-24-22(34-16(5)28)21(33-15(4)27)20(32-14(3)26)18(35-24)12-31-13(2)25/h7-11,18-22,24H,6,12H2,1-5H3/t18-,19-,20+,21+,22+,24+/m0/s1. The zero-order valence-corrected chi connectivity index (χ0v) is 20.7. The number of carbonyl (C=O) groups is 5. The topological polar surface area (TPSA) is 150 Å². The van der Waals surface area contributed by atoms with Gasteiger partial charge in [0.25, 0.3) is 0 Å². The number of benzene rings is 1. The van der Waals surface area contributed by atoms with Crippen molar-refractivity contribution in [3.05, 3.63) is 35.9 Å². The summed E-state index contributed by atoms with van der Waals surface area (Å²) in [7, 11) is 0. The fraction of sp³-hybridized carbons (Fsp3) is 0.542. The molecule has 1 aliphatic heterocycles. The van der Waals surface area contributed by atoms with Crippen LogP contribution in [0.25, 0.3) is 0 Å². The van der Waals surface area contributed by atoms with Crippen LogP contribution in [0.15, 0.2) is 30.3 Å². The van der Waals surface area contributed by atoms with Gasteiger partial charge in [0.1, 0.15) is 12.7 Å². The van der Waals surface area contributed by atoms with Crippen molar-refractivity contribution in [3.63, 3.8) is 0 Å². The summed E-state index contributed by atoms with van der Waals surface area (Å²) in [4.78, 5) is 60.0. The second kappa shape index (κ2) is 13.5. The number of rotatable bonds is 10. The number of hydrogen-bond acceptors (Lipinski definition) is 12. The van der Waals surface area contributed by atoms with Crippen molar-refractivity contribution in [2.75, 3.05) is 13.2 Å². The summed E-state index contributed by atoms with van der Waals surface area (Å²) in [5.74, 6) is -3.75. The van der Waals surface area contributed by atoms with Gasteiger partial charge in [-0.2, -0.15) is 0 Å². The minimum Gasteiger partial charge on any atom is -0.464 e. The predicted molar refractivity (Wildman–Crippen MR) is 119 cm³/mol. The van der Waals surface area contributed by atoms with Gasteiger partial charge in [-0.15, -0.1) is 0 Å². The Morgan fingerprint density at radius 2 is 1.33 bits per heavy atom. The fourth-order valence-corrected chi connectivity index (χ4v) is 3.55. The minimum absolute atomic E-state index is 0.0596. The van der Waals surface area contributed by atoms with Crippen molar-refractivity contribution in [1.29, 1.82) is 0 Å². The first-order valence-electron chi connectivity index (χ1n) is 11.2. The highest BCUT2D eigenvalue weighted by atomic mass is 16.7. The molecule has 0 amide bonds. The summed E-state index contributed by atoms with van der Waals surface area (Å²) >= 11 is 0. The van der Waals surface area contributed by atoms with E-state index in [4.69, 9.17) is 33.2 Å². The van der Waals surface area contributed by atoms with Gasteiger partial charge in [0.15, 0.2) is 24.4 Å². The molecule has 0 N–H and O–H groups in total. The lowest BCUT2D eigenvalue weighted by atomic mass is 9.97. The molecule has 0 aromatic heterocycles. The van der Waals surface area contributed by atoms with Crippen LogP contribution >= 0.6 is 0 Å². The molecular weight excluding hydrogens is 480 g/mol. The number of ether oxygens (including phenoxy) is 7. The Morgan fingerprint density at radius 1 is 0.778 bits per heavy atom. The van der Waals surface area contributed by atoms with Crippen molar-refractivity contribution >= 4 is 29.8 Å². The minimum atomic E-state index is -1.53. The van der Waals surface area contributed by atoms with Gasteiger partial charge in [-0.25, -0.2) is 4.79 Å². The molecule has 0 unspecified atom stereocenters. The Bertz CT molecular complexity index is 930. The Kier molecular flexibility index (Phi) is 10.8. The smallest absolute Gasteiger partial charge is 0.340 e. The lowest BCUT2D eigenvalue weighted by Gasteiger charge is -2.44. The predicted octanol–water partition coefficient (Wildman–Crippen LogP) is 1.39. The van der Waals surface area contributed by atoms with Crippen molar-refractivity contribution in [2.24, 2.45) is 0 Å². The van der Waals surface area contributed by atoms with E-state index in [1.807, 2.05) is 0 Å². The lowest BCUT2D eigenvalue weighted by molar-refractivity contribution is -0.316. The Labute approximate surface area is 208 Å². The van der Waals surface area contributed by atoms with E-state index in [9.17, 15) is 24.0 Å². The number of carbonyl (C=O) groups excluding carboxylic acids is 5. The van der Waals surface area contributed by atoms with E-state index in [2.05, 4.69) is 0 Å². The van der Waals surface area contributed by atoms with E-state index in [1.54, 1.807) is 37.3 Å². The second-order valence-electron chi connectivity index (χ2n) is 7.75. The molecule has 0 radical (unpaired) electrons. The molecule has 0 aliphatic carbocycles. The zero-order valence-electron chi connectivity index (χ0n) is 20.7. The summed E-state index contributed by atoms with van der Waals surface area (Å²) in [6.45, 7) is 5.74. The summed E-state index contributed by atoms with van der Waals surface area (Å²) in [5.41, 5.74) is 0.406. The summed E-state index contributed by atoms with van der Waals surface area (Å²) < 4.78 is 38.1. The molecule has 1 aromatic rings. The summed E-state index contributed by atoms with van der Waals surface area (Å²) in [6.07, 6.45) is -8.30. The van der Waals surface area contributed by atoms with Crippen LogP contribution in [0, 0.1) is 0 Å². The van der Waals surface area contributed by atoms with E-state index < -0.39 is 73.3 Å². The first kappa shape index (κ1) is 28.7. The lowest BCUT2D eigenvalue weighted by Crippen LogP contribution is -2.63. The molecule has 12 heteroatoms. The molecule has 1 aliphatic rings. The second-order valence-corrected chi connectivity index (χ2v) is 7.75. The molecule has 36 heavy (non-hydrogen) atoms.